The van der Waals surface area contributed by atoms with Crippen LogP contribution in [-0.2, 0) is 30.6 Å². The van der Waals surface area contributed by atoms with Crippen LogP contribution >= 0.6 is 0 Å². The summed E-state index contributed by atoms with van der Waals surface area (Å²) in [5, 5.41) is 0. The highest BCUT2D eigenvalue weighted by atomic mass is 28.3. The van der Waals surface area contributed by atoms with Crippen molar-refractivity contribution in [1.82, 2.24) is 0 Å². The summed E-state index contributed by atoms with van der Waals surface area (Å²) >= 11 is 0. The molecule has 1 unspecified atom stereocenters. The molecule has 28 heavy (non-hydrogen) atoms. The molecule has 0 amide bonds. The molecular formula is C22H35O5Si. The van der Waals surface area contributed by atoms with Crippen LogP contribution in [-0.4, -0.2) is 34.7 Å². The maximum atomic E-state index is 12.3. The second kappa shape index (κ2) is 9.70. The molecule has 1 atom stereocenters. The Morgan fingerprint density at radius 1 is 1.07 bits per heavy atom. The Hall–Kier alpha value is -1.66. The molecule has 0 aromatic heterocycles. The first-order chi connectivity index (χ1) is 12.8. The minimum absolute atomic E-state index is 0.175. The quantitative estimate of drug-likeness (QED) is 0.377. The van der Waals surface area contributed by atoms with E-state index in [0.717, 1.165) is 11.1 Å². The van der Waals surface area contributed by atoms with Crippen LogP contribution in [0.4, 0.5) is 0 Å². The Morgan fingerprint density at radius 2 is 1.68 bits per heavy atom. The summed E-state index contributed by atoms with van der Waals surface area (Å²) < 4.78 is 16.3. The van der Waals surface area contributed by atoms with Gasteiger partial charge >= 0.3 is 11.9 Å². The van der Waals surface area contributed by atoms with Gasteiger partial charge in [0.1, 0.15) is 5.75 Å². The maximum Gasteiger partial charge on any atom is 0.316 e. The molecule has 0 heterocycles. The molecule has 0 spiro atoms. The summed E-state index contributed by atoms with van der Waals surface area (Å²) in [6, 6.07) is 5.63. The fourth-order valence-corrected chi connectivity index (χ4v) is 3.20. The van der Waals surface area contributed by atoms with Gasteiger partial charge in [-0.25, -0.2) is 0 Å². The lowest BCUT2D eigenvalue weighted by Gasteiger charge is -2.26. The molecule has 1 rings (SSSR count). The van der Waals surface area contributed by atoms with E-state index in [4.69, 9.17) is 13.9 Å². The highest BCUT2D eigenvalue weighted by Gasteiger charge is 2.27. The molecule has 157 valence electrons. The highest BCUT2D eigenvalue weighted by molar-refractivity contribution is 6.48. The zero-order chi connectivity index (χ0) is 21.7. The van der Waals surface area contributed by atoms with Gasteiger partial charge < -0.3 is 13.9 Å². The van der Waals surface area contributed by atoms with Crippen LogP contribution in [0.2, 0.25) is 13.1 Å². The number of rotatable bonds is 7. The fraction of sp³-hybridized carbons (Fsp3) is 0.636. The monoisotopic (exact) mass is 407 g/mol. The van der Waals surface area contributed by atoms with E-state index in [2.05, 4.69) is 20.8 Å². The molecule has 0 saturated carbocycles. The van der Waals surface area contributed by atoms with Crippen LogP contribution in [0.25, 0.3) is 0 Å². The predicted molar refractivity (Wildman–Crippen MR) is 113 cm³/mol. The van der Waals surface area contributed by atoms with Gasteiger partial charge in [0.15, 0.2) is 0 Å². The fourth-order valence-electron chi connectivity index (χ4n) is 2.67. The van der Waals surface area contributed by atoms with Crippen molar-refractivity contribution in [2.75, 3.05) is 13.7 Å². The van der Waals surface area contributed by atoms with E-state index in [1.54, 1.807) is 6.07 Å². The SMILES string of the molecule is COC(=O)C(CO[Si](C)C)Cc1ccc(OC(=O)C(C)(C)C)cc1C(C)(C)C. The third-order valence-electron chi connectivity index (χ3n) is 4.29. The van der Waals surface area contributed by atoms with Crippen molar-refractivity contribution in [3.63, 3.8) is 0 Å². The van der Waals surface area contributed by atoms with Crippen LogP contribution in [0.15, 0.2) is 18.2 Å². The van der Waals surface area contributed by atoms with Crippen LogP contribution in [0, 0.1) is 11.3 Å². The van der Waals surface area contributed by atoms with E-state index >= 15 is 0 Å². The molecule has 1 aromatic rings. The number of carbonyl (C=O) groups is 2. The molecule has 5 nitrogen and oxygen atoms in total. The molecule has 6 heteroatoms. The van der Waals surface area contributed by atoms with Crippen molar-refractivity contribution in [1.29, 1.82) is 0 Å². The van der Waals surface area contributed by atoms with Gasteiger partial charge in [0.25, 0.3) is 0 Å². The van der Waals surface area contributed by atoms with Gasteiger partial charge in [0, 0.05) is 6.61 Å². The minimum Gasteiger partial charge on any atom is -0.469 e. The molecule has 0 saturated heterocycles. The van der Waals surface area contributed by atoms with E-state index in [9.17, 15) is 9.59 Å². The molecule has 0 N–H and O–H groups in total. The Kier molecular flexibility index (Phi) is 8.44. The van der Waals surface area contributed by atoms with Gasteiger partial charge in [0.2, 0.25) is 9.04 Å². The second-order valence-electron chi connectivity index (χ2n) is 9.35. The van der Waals surface area contributed by atoms with Gasteiger partial charge in [-0.05, 0) is 69.0 Å². The van der Waals surface area contributed by atoms with E-state index in [-0.39, 0.29) is 23.3 Å². The summed E-state index contributed by atoms with van der Waals surface area (Å²) in [6.07, 6.45) is 0.516. The molecular weight excluding hydrogens is 372 g/mol. The lowest BCUT2D eigenvalue weighted by Crippen LogP contribution is -2.28. The first-order valence-electron chi connectivity index (χ1n) is 9.62. The smallest absolute Gasteiger partial charge is 0.316 e. The Bertz CT molecular complexity index is 683. The average Bonchev–Trinajstić information content (AvgIpc) is 2.56. The molecule has 1 aromatic carbocycles. The van der Waals surface area contributed by atoms with Crippen molar-refractivity contribution < 1.29 is 23.5 Å². The lowest BCUT2D eigenvalue weighted by atomic mass is 9.81. The zero-order valence-corrected chi connectivity index (χ0v) is 19.8. The number of esters is 2. The van der Waals surface area contributed by atoms with Crippen molar-refractivity contribution in [2.45, 2.75) is 66.5 Å². The van der Waals surface area contributed by atoms with E-state index in [1.807, 2.05) is 46.0 Å². The number of hydrogen-bond acceptors (Lipinski definition) is 5. The van der Waals surface area contributed by atoms with E-state index in [0.29, 0.717) is 18.8 Å². The topological polar surface area (TPSA) is 61.8 Å². The van der Waals surface area contributed by atoms with Crippen molar-refractivity contribution in [3.8, 4) is 5.75 Å². The summed E-state index contributed by atoms with van der Waals surface area (Å²) in [5.41, 5.74) is 1.32. The Morgan fingerprint density at radius 3 is 2.14 bits per heavy atom. The predicted octanol–water partition coefficient (Wildman–Crippen LogP) is 4.54. The highest BCUT2D eigenvalue weighted by Crippen LogP contribution is 2.32. The number of ether oxygens (including phenoxy) is 2. The third-order valence-corrected chi connectivity index (χ3v) is 5.03. The molecule has 0 aliphatic rings. The van der Waals surface area contributed by atoms with Crippen LogP contribution in [0.1, 0.15) is 52.7 Å². The van der Waals surface area contributed by atoms with Crippen molar-refractivity contribution >= 4 is 21.0 Å². The van der Waals surface area contributed by atoms with Gasteiger partial charge in [-0.2, -0.15) is 0 Å². The Labute approximate surface area is 171 Å². The zero-order valence-electron chi connectivity index (χ0n) is 18.8. The van der Waals surface area contributed by atoms with Gasteiger partial charge in [0.05, 0.1) is 18.4 Å². The average molecular weight is 408 g/mol. The van der Waals surface area contributed by atoms with Crippen molar-refractivity contribution in [2.24, 2.45) is 11.3 Å². The van der Waals surface area contributed by atoms with Crippen molar-refractivity contribution in [3.05, 3.63) is 29.3 Å². The minimum atomic E-state index is -0.899. The van der Waals surface area contributed by atoms with Gasteiger partial charge in [-0.15, -0.1) is 0 Å². The number of hydrogen-bond donors (Lipinski definition) is 0. The standard InChI is InChI=1S/C22H35O5Si/c1-21(2,3)18-13-17(27-20(24)22(4,5)6)11-10-15(18)12-16(19(23)25-7)14-26-28(8)9/h10-11,13,16H,12,14H2,1-9H3. The normalized spacial score (nSPS) is 13.4. The van der Waals surface area contributed by atoms with Gasteiger partial charge in [-0.3, -0.25) is 9.59 Å². The maximum absolute atomic E-state index is 12.3. The summed E-state index contributed by atoms with van der Waals surface area (Å²) in [4.78, 5) is 24.5. The summed E-state index contributed by atoms with van der Waals surface area (Å²) in [6.45, 7) is 16.2. The lowest BCUT2D eigenvalue weighted by molar-refractivity contribution is -0.146. The first-order valence-corrected chi connectivity index (χ1v) is 12.0. The first kappa shape index (κ1) is 24.4. The van der Waals surface area contributed by atoms with Crippen LogP contribution < -0.4 is 4.74 Å². The number of carbonyl (C=O) groups excluding carboxylic acids is 2. The van der Waals surface area contributed by atoms with E-state index in [1.165, 1.54) is 7.11 Å². The summed E-state index contributed by atoms with van der Waals surface area (Å²) in [7, 11) is 0.502. The third kappa shape index (κ3) is 7.39. The Balaban J connectivity index is 3.19. The largest absolute Gasteiger partial charge is 0.469 e. The van der Waals surface area contributed by atoms with E-state index < -0.39 is 14.5 Å². The number of benzene rings is 1. The number of methoxy groups -OCH3 is 1. The van der Waals surface area contributed by atoms with Crippen LogP contribution in [0.3, 0.4) is 0 Å². The molecule has 1 radical (unpaired) electrons. The molecule has 0 fully saturated rings. The van der Waals surface area contributed by atoms with Crippen LogP contribution in [0.5, 0.6) is 5.75 Å². The van der Waals surface area contributed by atoms with Gasteiger partial charge in [-0.1, -0.05) is 26.8 Å². The second-order valence-corrected chi connectivity index (χ2v) is 11.5. The summed E-state index contributed by atoms with van der Waals surface area (Å²) in [5.74, 6) is -0.395. The molecule has 0 aliphatic carbocycles. The molecule has 0 aliphatic heterocycles. The molecule has 0 bridgehead atoms.